The Hall–Kier alpha value is -1.92. The van der Waals surface area contributed by atoms with Crippen LogP contribution in [0.25, 0.3) is 11.4 Å². The summed E-state index contributed by atoms with van der Waals surface area (Å²) in [6, 6.07) is 7.85. The van der Waals surface area contributed by atoms with Gasteiger partial charge in [0, 0.05) is 30.2 Å². The van der Waals surface area contributed by atoms with Crippen molar-refractivity contribution in [3.05, 3.63) is 35.2 Å². The molecule has 1 unspecified atom stereocenters. The Morgan fingerprint density at radius 3 is 2.86 bits per heavy atom. The van der Waals surface area contributed by atoms with E-state index < -0.39 is 0 Å². The smallest absolute Gasteiger partial charge is 0.241 e. The summed E-state index contributed by atoms with van der Waals surface area (Å²) in [5.41, 5.74) is 0.841. The molecule has 2 heterocycles. The van der Waals surface area contributed by atoms with Gasteiger partial charge in [0.2, 0.25) is 17.6 Å². The number of nitrogens with zero attached hydrogens (tertiary/aromatic N) is 4. The van der Waals surface area contributed by atoms with Crippen molar-refractivity contribution in [3.8, 4) is 11.4 Å². The number of aromatic nitrogens is 2. The summed E-state index contributed by atoms with van der Waals surface area (Å²) in [7, 11) is 1.99. The van der Waals surface area contributed by atoms with Crippen LogP contribution in [0.4, 0.5) is 0 Å². The van der Waals surface area contributed by atoms with Crippen molar-refractivity contribution in [2.45, 2.75) is 57.5 Å². The van der Waals surface area contributed by atoms with E-state index in [0.717, 1.165) is 44.3 Å². The fourth-order valence-corrected chi connectivity index (χ4v) is 4.78. The molecule has 2 aromatic rings. The predicted molar refractivity (Wildman–Crippen MR) is 112 cm³/mol. The summed E-state index contributed by atoms with van der Waals surface area (Å²) < 4.78 is 5.46. The van der Waals surface area contributed by atoms with E-state index in [1.165, 1.54) is 19.3 Å². The van der Waals surface area contributed by atoms with E-state index in [0.29, 0.717) is 35.2 Å². The van der Waals surface area contributed by atoms with Gasteiger partial charge in [0.15, 0.2) is 0 Å². The van der Waals surface area contributed by atoms with Crippen LogP contribution >= 0.6 is 11.6 Å². The van der Waals surface area contributed by atoms with Crippen molar-refractivity contribution in [2.75, 3.05) is 20.1 Å². The summed E-state index contributed by atoms with van der Waals surface area (Å²) in [4.78, 5) is 21.9. The Morgan fingerprint density at radius 2 is 2.07 bits per heavy atom. The molecule has 29 heavy (non-hydrogen) atoms. The van der Waals surface area contributed by atoms with Gasteiger partial charge >= 0.3 is 0 Å². The highest BCUT2D eigenvalue weighted by Gasteiger charge is 2.31. The van der Waals surface area contributed by atoms with Crippen molar-refractivity contribution in [1.82, 2.24) is 19.9 Å². The summed E-state index contributed by atoms with van der Waals surface area (Å²) >= 11 is 6.05. The van der Waals surface area contributed by atoms with E-state index in [9.17, 15) is 4.79 Å². The van der Waals surface area contributed by atoms with Crippen LogP contribution < -0.4 is 0 Å². The van der Waals surface area contributed by atoms with Crippen LogP contribution in [-0.2, 0) is 11.3 Å². The molecule has 1 aromatic carbocycles. The third kappa shape index (κ3) is 4.98. The van der Waals surface area contributed by atoms with Crippen LogP contribution in [0.15, 0.2) is 28.8 Å². The molecule has 2 aliphatic rings. The second kappa shape index (κ2) is 9.26. The van der Waals surface area contributed by atoms with Gasteiger partial charge < -0.3 is 9.42 Å². The van der Waals surface area contributed by atoms with Gasteiger partial charge in [-0.25, -0.2) is 0 Å². The Labute approximate surface area is 177 Å². The minimum absolute atomic E-state index is 0.0611. The molecule has 1 aliphatic carbocycles. The highest BCUT2D eigenvalue weighted by atomic mass is 35.5. The highest BCUT2D eigenvalue weighted by Crippen LogP contribution is 2.26. The second-order valence-corrected chi connectivity index (χ2v) is 8.77. The van der Waals surface area contributed by atoms with Gasteiger partial charge in [-0.15, -0.1) is 0 Å². The largest absolute Gasteiger partial charge is 0.342 e. The van der Waals surface area contributed by atoms with Gasteiger partial charge in [-0.2, -0.15) is 4.98 Å². The molecule has 1 atom stereocenters. The van der Waals surface area contributed by atoms with Crippen molar-refractivity contribution >= 4 is 17.5 Å². The molecule has 1 saturated carbocycles. The third-order valence-electron chi connectivity index (χ3n) is 6.23. The summed E-state index contributed by atoms with van der Waals surface area (Å²) in [5.74, 6) is 1.48. The molecule has 1 saturated heterocycles. The number of amides is 1. The first kappa shape index (κ1) is 20.4. The maximum Gasteiger partial charge on any atom is 0.241 e. The zero-order valence-electron chi connectivity index (χ0n) is 17.0. The molecule has 0 spiro atoms. The van der Waals surface area contributed by atoms with Crippen LogP contribution in [-0.4, -0.2) is 52.0 Å². The van der Waals surface area contributed by atoms with Gasteiger partial charge in [-0.3, -0.25) is 9.69 Å². The van der Waals surface area contributed by atoms with Crippen molar-refractivity contribution < 1.29 is 9.32 Å². The third-order valence-corrected chi connectivity index (χ3v) is 6.47. The lowest BCUT2D eigenvalue weighted by Crippen LogP contribution is -2.47. The SMILES string of the molecule is CN(C(=O)C1CCCN(Cc2nc(-c3cccc(Cl)c3)no2)C1)C1CCCCC1. The quantitative estimate of drug-likeness (QED) is 0.723. The topological polar surface area (TPSA) is 62.5 Å². The van der Waals surface area contributed by atoms with Crippen LogP contribution in [0.2, 0.25) is 5.02 Å². The molecule has 7 heteroatoms. The maximum absolute atomic E-state index is 13.1. The average Bonchev–Trinajstić information content (AvgIpc) is 3.22. The van der Waals surface area contributed by atoms with Crippen LogP contribution in [0, 0.1) is 5.92 Å². The minimum atomic E-state index is 0.0611. The normalized spacial score (nSPS) is 21.2. The standard InChI is InChI=1S/C22H29ClN4O2/c1-26(19-10-3-2-4-11-19)22(28)17-8-6-12-27(14-17)15-20-24-21(25-29-20)16-7-5-9-18(23)13-16/h5,7,9,13,17,19H,2-4,6,8,10-12,14-15H2,1H3. The van der Waals surface area contributed by atoms with E-state index in [1.54, 1.807) is 0 Å². The summed E-state index contributed by atoms with van der Waals surface area (Å²) in [6.45, 7) is 2.28. The van der Waals surface area contributed by atoms with Gasteiger partial charge in [0.05, 0.1) is 12.5 Å². The van der Waals surface area contributed by atoms with E-state index in [1.807, 2.05) is 36.2 Å². The lowest BCUT2D eigenvalue weighted by Gasteiger charge is -2.37. The number of carbonyl (C=O) groups is 1. The first-order valence-electron chi connectivity index (χ1n) is 10.7. The molecular weight excluding hydrogens is 388 g/mol. The van der Waals surface area contributed by atoms with Gasteiger partial charge in [-0.1, -0.05) is 48.2 Å². The number of benzene rings is 1. The van der Waals surface area contributed by atoms with Gasteiger partial charge in [0.25, 0.3) is 0 Å². The number of carbonyl (C=O) groups excluding carboxylic acids is 1. The highest BCUT2D eigenvalue weighted by molar-refractivity contribution is 6.30. The molecule has 1 aliphatic heterocycles. The lowest BCUT2D eigenvalue weighted by molar-refractivity contribution is -0.138. The number of hydrogen-bond donors (Lipinski definition) is 0. The van der Waals surface area contributed by atoms with E-state index in [4.69, 9.17) is 16.1 Å². The average molecular weight is 417 g/mol. The Bertz CT molecular complexity index is 834. The molecule has 1 amide bonds. The first-order chi connectivity index (χ1) is 14.1. The molecule has 0 bridgehead atoms. The zero-order valence-corrected chi connectivity index (χ0v) is 17.8. The molecule has 2 fully saturated rings. The molecule has 1 aromatic heterocycles. The molecule has 0 radical (unpaired) electrons. The Balaban J connectivity index is 1.36. The van der Waals surface area contributed by atoms with Crippen LogP contribution in [0.3, 0.4) is 0 Å². The summed E-state index contributed by atoms with van der Waals surface area (Å²) in [6.07, 6.45) is 8.06. The van der Waals surface area contributed by atoms with Crippen molar-refractivity contribution in [2.24, 2.45) is 5.92 Å². The van der Waals surface area contributed by atoms with Crippen LogP contribution in [0.5, 0.6) is 0 Å². The molecule has 0 N–H and O–H groups in total. The van der Waals surface area contributed by atoms with Gasteiger partial charge in [0.1, 0.15) is 0 Å². The fourth-order valence-electron chi connectivity index (χ4n) is 4.59. The Morgan fingerprint density at radius 1 is 1.24 bits per heavy atom. The van der Waals surface area contributed by atoms with E-state index in [-0.39, 0.29) is 5.92 Å². The van der Waals surface area contributed by atoms with Crippen molar-refractivity contribution in [3.63, 3.8) is 0 Å². The van der Waals surface area contributed by atoms with Gasteiger partial charge in [-0.05, 0) is 44.4 Å². The number of hydrogen-bond acceptors (Lipinski definition) is 5. The predicted octanol–water partition coefficient (Wildman–Crippen LogP) is 4.39. The van der Waals surface area contributed by atoms with E-state index >= 15 is 0 Å². The van der Waals surface area contributed by atoms with E-state index in [2.05, 4.69) is 15.0 Å². The lowest BCUT2D eigenvalue weighted by atomic mass is 9.91. The Kier molecular flexibility index (Phi) is 6.50. The number of rotatable bonds is 5. The molecule has 156 valence electrons. The maximum atomic E-state index is 13.1. The zero-order chi connectivity index (χ0) is 20.2. The first-order valence-corrected chi connectivity index (χ1v) is 11.1. The number of likely N-dealkylation sites (tertiary alicyclic amines) is 1. The molecule has 4 rings (SSSR count). The second-order valence-electron chi connectivity index (χ2n) is 8.34. The minimum Gasteiger partial charge on any atom is -0.342 e. The summed E-state index contributed by atoms with van der Waals surface area (Å²) in [5, 5.41) is 4.74. The van der Waals surface area contributed by atoms with Crippen molar-refractivity contribution in [1.29, 1.82) is 0 Å². The molecular formula is C22H29ClN4O2. The van der Waals surface area contributed by atoms with Crippen LogP contribution in [0.1, 0.15) is 50.8 Å². The number of piperidine rings is 1. The molecule has 6 nitrogen and oxygen atoms in total. The number of halogens is 1. The monoisotopic (exact) mass is 416 g/mol. The fraction of sp³-hybridized carbons (Fsp3) is 0.591.